The summed E-state index contributed by atoms with van der Waals surface area (Å²) in [6.45, 7) is 0.384. The van der Waals surface area contributed by atoms with E-state index < -0.39 is 0 Å². The number of aromatic nitrogens is 1. The predicted octanol–water partition coefficient (Wildman–Crippen LogP) is 3.96. The fourth-order valence-electron chi connectivity index (χ4n) is 2.79. The molecular formula is C20H22N2O3. The number of pyridine rings is 1. The van der Waals surface area contributed by atoms with Crippen LogP contribution in [0.15, 0.2) is 54.9 Å². The van der Waals surface area contributed by atoms with Crippen LogP contribution in [0, 0.1) is 5.92 Å². The molecule has 1 aliphatic carbocycles. The summed E-state index contributed by atoms with van der Waals surface area (Å²) in [6, 6.07) is 9.24. The van der Waals surface area contributed by atoms with Gasteiger partial charge in [0.25, 0.3) is 0 Å². The molecule has 0 fully saturated rings. The van der Waals surface area contributed by atoms with Crippen molar-refractivity contribution in [2.24, 2.45) is 5.92 Å². The first-order valence-corrected chi connectivity index (χ1v) is 8.42. The first-order chi connectivity index (χ1) is 12.3. The van der Waals surface area contributed by atoms with Crippen molar-refractivity contribution in [2.75, 3.05) is 12.4 Å². The highest BCUT2D eigenvalue weighted by Gasteiger charge is 2.19. The molecule has 130 valence electrons. The Balaban J connectivity index is 1.68. The topological polar surface area (TPSA) is 60.5 Å². The summed E-state index contributed by atoms with van der Waals surface area (Å²) in [6.07, 6.45) is 10.3. The minimum absolute atomic E-state index is 0.0341. The monoisotopic (exact) mass is 338 g/mol. The molecule has 1 N–H and O–H groups in total. The summed E-state index contributed by atoms with van der Waals surface area (Å²) in [5.74, 6) is 1.30. The summed E-state index contributed by atoms with van der Waals surface area (Å²) in [5, 5.41) is 2.98. The van der Waals surface area contributed by atoms with Gasteiger partial charge in [-0.1, -0.05) is 18.2 Å². The standard InChI is InChI=1S/C20H22N2O3/c1-24-18-10-9-17(22-20(23)16-7-3-2-4-8-16)12-19(18)25-14-15-6-5-11-21-13-15/h2-3,5-6,9-13,16H,4,7-8,14H2,1H3,(H,22,23)/t16-/m0/s1. The molecule has 1 heterocycles. The molecule has 5 heteroatoms. The lowest BCUT2D eigenvalue weighted by molar-refractivity contribution is -0.120. The average Bonchev–Trinajstić information content (AvgIpc) is 2.68. The van der Waals surface area contributed by atoms with Crippen molar-refractivity contribution in [2.45, 2.75) is 25.9 Å². The van der Waals surface area contributed by atoms with Gasteiger partial charge in [0, 0.05) is 35.6 Å². The molecule has 0 bridgehead atoms. The molecule has 0 radical (unpaired) electrons. The van der Waals surface area contributed by atoms with Crippen LogP contribution in [0.5, 0.6) is 11.5 Å². The number of rotatable bonds is 6. The third kappa shape index (κ3) is 4.59. The molecule has 25 heavy (non-hydrogen) atoms. The number of methoxy groups -OCH3 is 1. The molecule has 0 unspecified atom stereocenters. The molecule has 0 aliphatic heterocycles. The smallest absolute Gasteiger partial charge is 0.227 e. The van der Waals surface area contributed by atoms with Gasteiger partial charge in [-0.3, -0.25) is 9.78 Å². The lowest BCUT2D eigenvalue weighted by Gasteiger charge is -2.18. The Kier molecular flexibility index (Phi) is 5.67. The van der Waals surface area contributed by atoms with Gasteiger partial charge in [0.2, 0.25) is 5.91 Å². The zero-order valence-electron chi connectivity index (χ0n) is 14.3. The van der Waals surface area contributed by atoms with E-state index >= 15 is 0 Å². The highest BCUT2D eigenvalue weighted by atomic mass is 16.5. The van der Waals surface area contributed by atoms with Gasteiger partial charge in [-0.2, -0.15) is 0 Å². The van der Waals surface area contributed by atoms with E-state index in [2.05, 4.69) is 22.5 Å². The molecule has 0 saturated carbocycles. The number of benzene rings is 1. The Hall–Kier alpha value is -2.82. The molecule has 0 spiro atoms. The minimum atomic E-state index is 0.0341. The van der Waals surface area contributed by atoms with E-state index in [4.69, 9.17) is 9.47 Å². The van der Waals surface area contributed by atoms with E-state index in [0.29, 0.717) is 23.8 Å². The largest absolute Gasteiger partial charge is 0.493 e. The summed E-state index contributed by atoms with van der Waals surface area (Å²) >= 11 is 0. The zero-order valence-corrected chi connectivity index (χ0v) is 14.3. The van der Waals surface area contributed by atoms with Crippen LogP contribution in [0.25, 0.3) is 0 Å². The van der Waals surface area contributed by atoms with Crippen molar-refractivity contribution in [3.05, 3.63) is 60.4 Å². The van der Waals surface area contributed by atoms with Crippen LogP contribution in [0.2, 0.25) is 0 Å². The molecule has 0 saturated heterocycles. The lowest BCUT2D eigenvalue weighted by Crippen LogP contribution is -2.23. The first kappa shape index (κ1) is 17.0. The average molecular weight is 338 g/mol. The maximum atomic E-state index is 12.4. The van der Waals surface area contributed by atoms with E-state index in [-0.39, 0.29) is 11.8 Å². The van der Waals surface area contributed by atoms with Crippen LogP contribution in [0.3, 0.4) is 0 Å². The number of nitrogens with zero attached hydrogens (tertiary/aromatic N) is 1. The number of carbonyl (C=O) groups is 1. The number of amides is 1. The summed E-state index contributed by atoms with van der Waals surface area (Å²) in [4.78, 5) is 16.5. The summed E-state index contributed by atoms with van der Waals surface area (Å²) < 4.78 is 11.2. The second kappa shape index (κ2) is 8.33. The van der Waals surface area contributed by atoms with Crippen LogP contribution in [-0.2, 0) is 11.4 Å². The van der Waals surface area contributed by atoms with Crippen molar-refractivity contribution in [1.29, 1.82) is 0 Å². The maximum absolute atomic E-state index is 12.4. The molecule has 3 rings (SSSR count). The number of hydrogen-bond donors (Lipinski definition) is 1. The van der Waals surface area contributed by atoms with Crippen molar-refractivity contribution in [1.82, 2.24) is 4.98 Å². The molecule has 5 nitrogen and oxygen atoms in total. The van der Waals surface area contributed by atoms with E-state index in [0.717, 1.165) is 24.8 Å². The number of anilines is 1. The van der Waals surface area contributed by atoms with Crippen molar-refractivity contribution < 1.29 is 14.3 Å². The Bertz CT molecular complexity index is 744. The van der Waals surface area contributed by atoms with E-state index in [1.54, 1.807) is 31.6 Å². The molecular weight excluding hydrogens is 316 g/mol. The number of hydrogen-bond acceptors (Lipinski definition) is 4. The third-order valence-corrected chi connectivity index (χ3v) is 4.19. The quantitative estimate of drug-likeness (QED) is 0.810. The fraction of sp³-hybridized carbons (Fsp3) is 0.300. The predicted molar refractivity (Wildman–Crippen MR) is 96.7 cm³/mol. The van der Waals surface area contributed by atoms with Gasteiger partial charge in [0.05, 0.1) is 7.11 Å². The molecule has 1 amide bonds. The molecule has 1 aromatic heterocycles. The molecule has 1 atom stereocenters. The van der Waals surface area contributed by atoms with Crippen molar-refractivity contribution in [3.8, 4) is 11.5 Å². The van der Waals surface area contributed by atoms with E-state index in [1.807, 2.05) is 18.2 Å². The molecule has 1 aromatic carbocycles. The van der Waals surface area contributed by atoms with Gasteiger partial charge >= 0.3 is 0 Å². The Morgan fingerprint density at radius 3 is 2.92 bits per heavy atom. The number of allylic oxidation sites excluding steroid dienone is 2. The Morgan fingerprint density at radius 2 is 2.20 bits per heavy atom. The van der Waals surface area contributed by atoms with Crippen LogP contribution >= 0.6 is 0 Å². The van der Waals surface area contributed by atoms with Crippen molar-refractivity contribution in [3.63, 3.8) is 0 Å². The van der Waals surface area contributed by atoms with Crippen LogP contribution in [0.1, 0.15) is 24.8 Å². The third-order valence-electron chi connectivity index (χ3n) is 4.19. The molecule has 2 aromatic rings. The fourth-order valence-corrected chi connectivity index (χ4v) is 2.79. The van der Waals surface area contributed by atoms with Crippen LogP contribution < -0.4 is 14.8 Å². The lowest BCUT2D eigenvalue weighted by atomic mass is 9.93. The van der Waals surface area contributed by atoms with Gasteiger partial charge in [0.15, 0.2) is 11.5 Å². The van der Waals surface area contributed by atoms with Gasteiger partial charge in [-0.15, -0.1) is 0 Å². The second-order valence-electron chi connectivity index (χ2n) is 5.99. The van der Waals surface area contributed by atoms with Crippen molar-refractivity contribution >= 4 is 11.6 Å². The number of ether oxygens (including phenoxy) is 2. The Morgan fingerprint density at radius 1 is 1.28 bits per heavy atom. The van der Waals surface area contributed by atoms with E-state index in [1.165, 1.54) is 0 Å². The van der Waals surface area contributed by atoms with Gasteiger partial charge in [-0.25, -0.2) is 0 Å². The highest BCUT2D eigenvalue weighted by molar-refractivity contribution is 5.93. The van der Waals surface area contributed by atoms with Gasteiger partial charge < -0.3 is 14.8 Å². The van der Waals surface area contributed by atoms with Gasteiger partial charge in [-0.05, 0) is 37.5 Å². The van der Waals surface area contributed by atoms with E-state index in [9.17, 15) is 4.79 Å². The second-order valence-corrected chi connectivity index (χ2v) is 5.99. The van der Waals surface area contributed by atoms with Crippen LogP contribution in [0.4, 0.5) is 5.69 Å². The minimum Gasteiger partial charge on any atom is -0.493 e. The highest BCUT2D eigenvalue weighted by Crippen LogP contribution is 2.31. The van der Waals surface area contributed by atoms with Gasteiger partial charge in [0.1, 0.15) is 6.61 Å². The number of nitrogens with one attached hydrogen (secondary N) is 1. The maximum Gasteiger partial charge on any atom is 0.227 e. The van der Waals surface area contributed by atoms with Crippen LogP contribution in [-0.4, -0.2) is 18.0 Å². The zero-order chi connectivity index (χ0) is 17.5. The summed E-state index contributed by atoms with van der Waals surface area (Å²) in [7, 11) is 1.60. The summed E-state index contributed by atoms with van der Waals surface area (Å²) in [5.41, 5.74) is 1.68. The SMILES string of the molecule is COc1ccc(NC(=O)[C@H]2CC=CCC2)cc1OCc1cccnc1. The normalized spacial score (nSPS) is 16.3. The molecule has 1 aliphatic rings. The number of carbonyl (C=O) groups excluding carboxylic acids is 1. The first-order valence-electron chi connectivity index (χ1n) is 8.42. The Labute approximate surface area is 147 Å².